The van der Waals surface area contributed by atoms with E-state index in [0.29, 0.717) is 26.5 Å². The summed E-state index contributed by atoms with van der Waals surface area (Å²) in [5.41, 5.74) is 2.06. The number of halogens is 4. The molecule has 5 heteroatoms. The van der Waals surface area contributed by atoms with Gasteiger partial charge in [0.15, 0.2) is 0 Å². The number of nitrogens with zero attached hydrogens (tertiary/aromatic N) is 1. The number of benzene rings is 1. The first-order chi connectivity index (χ1) is 8.90. The average Bonchev–Trinajstić information content (AvgIpc) is 2.35. The third-order valence-electron chi connectivity index (χ3n) is 3.09. The Hall–Kier alpha value is -0.340. The van der Waals surface area contributed by atoms with Crippen molar-refractivity contribution in [3.05, 3.63) is 50.0 Å². The van der Waals surface area contributed by atoms with Crippen molar-refractivity contribution in [1.82, 2.24) is 0 Å². The van der Waals surface area contributed by atoms with E-state index in [-0.39, 0.29) is 5.92 Å². The summed E-state index contributed by atoms with van der Waals surface area (Å²) in [5, 5.41) is 2.20. The molecule has 0 saturated heterocycles. The average molecular weight is 337 g/mol. The molecule has 1 aromatic rings. The van der Waals surface area contributed by atoms with Crippen molar-refractivity contribution < 1.29 is 0 Å². The Morgan fingerprint density at radius 1 is 1.11 bits per heavy atom. The number of rotatable bonds is 2. The van der Waals surface area contributed by atoms with Gasteiger partial charge in [-0.25, -0.2) is 0 Å². The third-order valence-corrected chi connectivity index (χ3v) is 4.71. The first kappa shape index (κ1) is 15.1. The lowest BCUT2D eigenvalue weighted by Crippen LogP contribution is -2.09. The van der Waals surface area contributed by atoms with Crippen LogP contribution in [-0.4, -0.2) is 14.1 Å². The highest BCUT2D eigenvalue weighted by Crippen LogP contribution is 2.42. The van der Waals surface area contributed by atoms with E-state index in [9.17, 15) is 0 Å². The smallest absolute Gasteiger partial charge is 0.0734 e. The molecule has 0 aromatic heterocycles. The van der Waals surface area contributed by atoms with Gasteiger partial charge in [-0.05, 0) is 24.1 Å². The first-order valence-electron chi connectivity index (χ1n) is 5.78. The number of hydrogen-bond donors (Lipinski definition) is 0. The topological polar surface area (TPSA) is 3.24 Å². The Morgan fingerprint density at radius 2 is 1.79 bits per heavy atom. The van der Waals surface area contributed by atoms with Crippen LogP contribution in [0.3, 0.4) is 0 Å². The quantitative estimate of drug-likeness (QED) is 0.669. The zero-order chi connectivity index (χ0) is 14.2. The Bertz CT molecular complexity index is 561. The Morgan fingerprint density at radius 3 is 2.32 bits per heavy atom. The van der Waals surface area contributed by atoms with Crippen molar-refractivity contribution in [3.63, 3.8) is 0 Å². The maximum absolute atomic E-state index is 6.35. The minimum Gasteiger partial charge on any atom is -0.378 e. The van der Waals surface area contributed by atoms with Crippen molar-refractivity contribution in [2.24, 2.45) is 0 Å². The van der Waals surface area contributed by atoms with Crippen LogP contribution in [0.4, 0.5) is 5.69 Å². The fraction of sp³-hybridized carbons (Fsp3) is 0.286. The molecule has 1 unspecified atom stereocenters. The van der Waals surface area contributed by atoms with Gasteiger partial charge < -0.3 is 4.90 Å². The highest BCUT2D eigenvalue weighted by Gasteiger charge is 2.22. The molecule has 0 radical (unpaired) electrons. The highest BCUT2D eigenvalue weighted by molar-refractivity contribution is 6.48. The molecule has 0 saturated carbocycles. The molecule has 19 heavy (non-hydrogen) atoms. The summed E-state index contributed by atoms with van der Waals surface area (Å²) < 4.78 is 0. The van der Waals surface area contributed by atoms with E-state index >= 15 is 0 Å². The molecular weight excluding hydrogens is 324 g/mol. The van der Waals surface area contributed by atoms with Gasteiger partial charge in [-0.1, -0.05) is 58.5 Å². The van der Waals surface area contributed by atoms with Crippen molar-refractivity contribution in [3.8, 4) is 0 Å². The van der Waals surface area contributed by atoms with Crippen molar-refractivity contribution in [1.29, 1.82) is 0 Å². The lowest BCUT2D eigenvalue weighted by Gasteiger charge is -2.21. The van der Waals surface area contributed by atoms with E-state index in [0.717, 1.165) is 11.3 Å². The molecule has 0 spiro atoms. The predicted molar refractivity (Wildman–Crippen MR) is 85.8 cm³/mol. The third kappa shape index (κ3) is 3.22. The van der Waals surface area contributed by atoms with E-state index < -0.39 is 0 Å². The van der Waals surface area contributed by atoms with E-state index in [1.807, 2.05) is 43.3 Å². The van der Waals surface area contributed by atoms with Gasteiger partial charge in [-0.2, -0.15) is 0 Å². The summed E-state index contributed by atoms with van der Waals surface area (Å²) in [4.78, 5) is 2.00. The first-order valence-corrected chi connectivity index (χ1v) is 7.30. The van der Waals surface area contributed by atoms with Crippen LogP contribution in [-0.2, 0) is 0 Å². The van der Waals surface area contributed by atoms with Crippen LogP contribution in [0.15, 0.2) is 39.4 Å². The van der Waals surface area contributed by atoms with E-state index in [1.165, 1.54) is 0 Å². The molecule has 1 aliphatic rings. The van der Waals surface area contributed by atoms with Gasteiger partial charge in [0, 0.05) is 35.8 Å². The molecular formula is C14H13Cl4N. The normalized spacial score (nSPS) is 19.5. The molecule has 0 N–H and O–H groups in total. The van der Waals surface area contributed by atoms with Crippen molar-refractivity contribution >= 4 is 52.1 Å². The molecule has 102 valence electrons. The van der Waals surface area contributed by atoms with Crippen molar-refractivity contribution in [2.75, 3.05) is 19.0 Å². The molecule has 2 rings (SSSR count). The van der Waals surface area contributed by atoms with E-state index in [2.05, 4.69) is 0 Å². The van der Waals surface area contributed by atoms with Gasteiger partial charge >= 0.3 is 0 Å². The molecule has 0 aliphatic heterocycles. The standard InChI is InChI=1S/C14H13Cl4N/c1-19(2)9-3-4-10(11(15)7-9)8-5-12(16)14(18)13(17)6-8/h3-5,7-8H,6H2,1-2H3. The van der Waals surface area contributed by atoms with Crippen LogP contribution < -0.4 is 4.90 Å². The van der Waals surface area contributed by atoms with Gasteiger partial charge in [0.05, 0.1) is 10.1 Å². The molecule has 0 heterocycles. The van der Waals surface area contributed by atoms with Crippen LogP contribution in [0.2, 0.25) is 5.02 Å². The summed E-state index contributed by atoms with van der Waals surface area (Å²) in [5.74, 6) is 0.0613. The van der Waals surface area contributed by atoms with E-state index in [4.69, 9.17) is 46.4 Å². The largest absolute Gasteiger partial charge is 0.378 e. The molecule has 1 aliphatic carbocycles. The lowest BCUT2D eigenvalue weighted by atomic mass is 9.92. The Kier molecular flexibility index (Phi) is 4.73. The fourth-order valence-corrected chi connectivity index (χ4v) is 3.05. The minimum atomic E-state index is 0.0613. The highest BCUT2D eigenvalue weighted by atomic mass is 35.5. The summed E-state index contributed by atoms with van der Waals surface area (Å²) in [6.07, 6.45) is 2.52. The van der Waals surface area contributed by atoms with Crippen LogP contribution >= 0.6 is 46.4 Å². The molecule has 0 amide bonds. The second-order valence-corrected chi connectivity index (χ2v) is 6.29. The van der Waals surface area contributed by atoms with Gasteiger partial charge in [-0.15, -0.1) is 0 Å². The molecule has 1 atom stereocenters. The fourth-order valence-electron chi connectivity index (χ4n) is 2.02. The predicted octanol–water partition coefficient (Wildman–Crippen LogP) is 5.71. The SMILES string of the molecule is CN(C)c1ccc(C2C=C(Cl)C(Cl)=C(Cl)C2)c(Cl)c1. The second-order valence-electron chi connectivity index (χ2n) is 4.64. The summed E-state index contributed by atoms with van der Waals surface area (Å²) in [6, 6.07) is 5.97. The zero-order valence-corrected chi connectivity index (χ0v) is 13.6. The van der Waals surface area contributed by atoms with Crippen LogP contribution in [0.1, 0.15) is 17.9 Å². The molecule has 1 aromatic carbocycles. The van der Waals surface area contributed by atoms with E-state index in [1.54, 1.807) is 0 Å². The summed E-state index contributed by atoms with van der Waals surface area (Å²) >= 11 is 24.5. The lowest BCUT2D eigenvalue weighted by molar-refractivity contribution is 0.837. The number of hydrogen-bond acceptors (Lipinski definition) is 1. The molecule has 1 nitrogen and oxygen atoms in total. The van der Waals surface area contributed by atoms with Crippen LogP contribution in [0, 0.1) is 0 Å². The minimum absolute atomic E-state index is 0.0613. The van der Waals surface area contributed by atoms with Gasteiger partial charge in [0.25, 0.3) is 0 Å². The van der Waals surface area contributed by atoms with Crippen molar-refractivity contribution in [2.45, 2.75) is 12.3 Å². The van der Waals surface area contributed by atoms with Crippen LogP contribution in [0.25, 0.3) is 0 Å². The van der Waals surface area contributed by atoms with Gasteiger partial charge in [0.1, 0.15) is 0 Å². The zero-order valence-electron chi connectivity index (χ0n) is 10.6. The summed E-state index contributed by atoms with van der Waals surface area (Å²) in [7, 11) is 3.95. The van der Waals surface area contributed by atoms with Crippen LogP contribution in [0.5, 0.6) is 0 Å². The summed E-state index contributed by atoms with van der Waals surface area (Å²) in [6.45, 7) is 0. The molecule has 0 bridgehead atoms. The maximum atomic E-state index is 6.35. The Labute approximate surface area is 133 Å². The van der Waals surface area contributed by atoms with Gasteiger partial charge in [-0.3, -0.25) is 0 Å². The van der Waals surface area contributed by atoms with Gasteiger partial charge in [0.2, 0.25) is 0 Å². The Balaban J connectivity index is 2.35. The second kappa shape index (κ2) is 5.97. The number of allylic oxidation sites excluding steroid dienone is 4. The monoisotopic (exact) mass is 335 g/mol. The molecule has 0 fully saturated rings. The number of anilines is 1. The maximum Gasteiger partial charge on any atom is 0.0734 e.